The van der Waals surface area contributed by atoms with Crippen LogP contribution in [0.4, 0.5) is 0 Å². The molecule has 2 heteroatoms. The summed E-state index contributed by atoms with van der Waals surface area (Å²) in [6.45, 7) is 21.2. The maximum absolute atomic E-state index is 3.80. The van der Waals surface area contributed by atoms with Crippen molar-refractivity contribution in [2.24, 2.45) is 5.41 Å². The standard InChI is InChI=1S/C17H36N2/c1-9-17(10-2)13-19(14(3)11-18-17)16(7,8)12-15(4,5)6/h14,18H,9-13H2,1-8H3. The molecule has 0 aromatic heterocycles. The molecule has 1 atom stereocenters. The van der Waals surface area contributed by atoms with Crippen molar-refractivity contribution in [2.75, 3.05) is 13.1 Å². The van der Waals surface area contributed by atoms with E-state index in [1.54, 1.807) is 0 Å². The predicted molar refractivity (Wildman–Crippen MR) is 85.6 cm³/mol. The first-order valence-electron chi connectivity index (χ1n) is 8.07. The normalized spacial score (nSPS) is 25.6. The lowest BCUT2D eigenvalue weighted by atomic mass is 9.78. The van der Waals surface area contributed by atoms with Crippen molar-refractivity contribution in [3.8, 4) is 0 Å². The van der Waals surface area contributed by atoms with Gasteiger partial charge >= 0.3 is 0 Å². The van der Waals surface area contributed by atoms with Crippen LogP contribution in [0.1, 0.15) is 74.7 Å². The Hall–Kier alpha value is -0.0800. The average molecular weight is 268 g/mol. The largest absolute Gasteiger partial charge is 0.308 e. The Kier molecular flexibility index (Phi) is 5.12. The van der Waals surface area contributed by atoms with E-state index in [-0.39, 0.29) is 5.54 Å². The summed E-state index contributed by atoms with van der Waals surface area (Å²) in [6.07, 6.45) is 3.69. The second-order valence-corrected chi connectivity index (χ2v) is 8.40. The third kappa shape index (κ3) is 4.19. The molecule has 114 valence electrons. The van der Waals surface area contributed by atoms with Gasteiger partial charge in [0, 0.05) is 30.2 Å². The van der Waals surface area contributed by atoms with Crippen LogP contribution in [0.15, 0.2) is 0 Å². The summed E-state index contributed by atoms with van der Waals surface area (Å²) >= 11 is 0. The van der Waals surface area contributed by atoms with Crippen LogP contribution in [-0.2, 0) is 0 Å². The third-order valence-electron chi connectivity index (χ3n) is 4.87. The van der Waals surface area contributed by atoms with E-state index in [0.717, 1.165) is 6.54 Å². The summed E-state index contributed by atoms with van der Waals surface area (Å²) in [5.74, 6) is 0. The van der Waals surface area contributed by atoms with E-state index >= 15 is 0 Å². The lowest BCUT2D eigenvalue weighted by molar-refractivity contribution is -0.0150. The highest BCUT2D eigenvalue weighted by Gasteiger charge is 2.42. The van der Waals surface area contributed by atoms with Gasteiger partial charge in [-0.15, -0.1) is 0 Å². The number of hydrogen-bond acceptors (Lipinski definition) is 2. The molecular formula is C17H36N2. The molecule has 0 aromatic carbocycles. The van der Waals surface area contributed by atoms with Crippen molar-refractivity contribution >= 4 is 0 Å². The number of piperazine rings is 1. The Morgan fingerprint density at radius 1 is 1.11 bits per heavy atom. The van der Waals surface area contributed by atoms with Crippen LogP contribution in [0.3, 0.4) is 0 Å². The third-order valence-corrected chi connectivity index (χ3v) is 4.87. The molecular weight excluding hydrogens is 232 g/mol. The molecule has 1 aliphatic rings. The van der Waals surface area contributed by atoms with E-state index in [9.17, 15) is 0 Å². The van der Waals surface area contributed by atoms with Crippen LogP contribution in [0.5, 0.6) is 0 Å². The molecule has 1 N–H and O–H groups in total. The van der Waals surface area contributed by atoms with Gasteiger partial charge in [-0.05, 0) is 45.4 Å². The fourth-order valence-electron chi connectivity index (χ4n) is 3.95. The predicted octanol–water partition coefficient (Wildman–Crippen LogP) is 4.05. The fourth-order valence-corrected chi connectivity index (χ4v) is 3.95. The Labute approximate surface area is 121 Å². The summed E-state index contributed by atoms with van der Waals surface area (Å²) in [4.78, 5) is 2.75. The van der Waals surface area contributed by atoms with Gasteiger partial charge in [-0.2, -0.15) is 0 Å². The molecule has 0 aromatic rings. The molecule has 0 saturated carbocycles. The molecule has 1 unspecified atom stereocenters. The lowest BCUT2D eigenvalue weighted by Crippen LogP contribution is -2.67. The summed E-state index contributed by atoms with van der Waals surface area (Å²) in [5, 5.41) is 3.80. The maximum Gasteiger partial charge on any atom is 0.0304 e. The molecule has 1 heterocycles. The maximum atomic E-state index is 3.80. The zero-order valence-electron chi connectivity index (χ0n) is 14.6. The monoisotopic (exact) mass is 268 g/mol. The van der Waals surface area contributed by atoms with E-state index in [1.807, 2.05) is 0 Å². The Balaban J connectivity index is 2.89. The van der Waals surface area contributed by atoms with Crippen LogP contribution >= 0.6 is 0 Å². The first kappa shape index (κ1) is 17.0. The van der Waals surface area contributed by atoms with Gasteiger partial charge in [0.15, 0.2) is 0 Å². The minimum atomic E-state index is 0.273. The summed E-state index contributed by atoms with van der Waals surface area (Å²) < 4.78 is 0. The van der Waals surface area contributed by atoms with Gasteiger partial charge in [-0.3, -0.25) is 4.90 Å². The molecule has 0 bridgehead atoms. The van der Waals surface area contributed by atoms with Gasteiger partial charge in [-0.25, -0.2) is 0 Å². The number of rotatable bonds is 4. The Bertz CT molecular complexity index is 284. The molecule has 1 rings (SSSR count). The molecule has 0 aliphatic carbocycles. The molecule has 1 fully saturated rings. The molecule has 0 spiro atoms. The summed E-state index contributed by atoms with van der Waals surface area (Å²) in [7, 11) is 0. The topological polar surface area (TPSA) is 15.3 Å². The highest BCUT2D eigenvalue weighted by Crippen LogP contribution is 2.35. The first-order chi connectivity index (χ1) is 8.55. The van der Waals surface area contributed by atoms with E-state index in [2.05, 4.69) is 65.6 Å². The minimum absolute atomic E-state index is 0.273. The van der Waals surface area contributed by atoms with Crippen molar-refractivity contribution in [1.82, 2.24) is 10.2 Å². The number of nitrogens with zero attached hydrogens (tertiary/aromatic N) is 1. The highest BCUT2D eigenvalue weighted by atomic mass is 15.3. The zero-order chi connectivity index (χ0) is 14.9. The summed E-state index contributed by atoms with van der Waals surface area (Å²) in [5.41, 5.74) is 0.978. The van der Waals surface area contributed by atoms with Crippen LogP contribution in [0.25, 0.3) is 0 Å². The Morgan fingerprint density at radius 3 is 2.05 bits per heavy atom. The van der Waals surface area contributed by atoms with Gasteiger partial charge in [0.05, 0.1) is 0 Å². The van der Waals surface area contributed by atoms with Crippen molar-refractivity contribution in [1.29, 1.82) is 0 Å². The van der Waals surface area contributed by atoms with Crippen molar-refractivity contribution < 1.29 is 0 Å². The quantitative estimate of drug-likeness (QED) is 0.827. The van der Waals surface area contributed by atoms with Crippen LogP contribution in [-0.4, -0.2) is 35.1 Å². The van der Waals surface area contributed by atoms with E-state index in [1.165, 1.54) is 25.8 Å². The second-order valence-electron chi connectivity index (χ2n) is 8.40. The second kappa shape index (κ2) is 5.73. The molecule has 1 aliphatic heterocycles. The SMILES string of the molecule is CCC1(CC)CN(C(C)(C)CC(C)(C)C)C(C)CN1. The van der Waals surface area contributed by atoms with Gasteiger partial charge in [0.2, 0.25) is 0 Å². The van der Waals surface area contributed by atoms with E-state index in [0.29, 0.717) is 17.0 Å². The zero-order valence-corrected chi connectivity index (χ0v) is 14.6. The molecule has 0 amide bonds. The van der Waals surface area contributed by atoms with Crippen molar-refractivity contribution in [3.63, 3.8) is 0 Å². The Morgan fingerprint density at radius 2 is 1.63 bits per heavy atom. The number of nitrogens with one attached hydrogen (secondary N) is 1. The highest BCUT2D eigenvalue weighted by molar-refractivity contribution is 5.01. The lowest BCUT2D eigenvalue weighted by Gasteiger charge is -2.54. The molecule has 0 radical (unpaired) electrons. The average Bonchev–Trinajstić information content (AvgIpc) is 2.27. The summed E-state index contributed by atoms with van der Waals surface area (Å²) in [6, 6.07) is 0.628. The van der Waals surface area contributed by atoms with Crippen LogP contribution in [0.2, 0.25) is 0 Å². The molecule has 2 nitrogen and oxygen atoms in total. The van der Waals surface area contributed by atoms with E-state index in [4.69, 9.17) is 0 Å². The van der Waals surface area contributed by atoms with Gasteiger partial charge in [0.25, 0.3) is 0 Å². The number of hydrogen-bond donors (Lipinski definition) is 1. The van der Waals surface area contributed by atoms with Gasteiger partial charge in [0.1, 0.15) is 0 Å². The fraction of sp³-hybridized carbons (Fsp3) is 1.00. The van der Waals surface area contributed by atoms with Gasteiger partial charge in [-0.1, -0.05) is 34.6 Å². The van der Waals surface area contributed by atoms with Crippen LogP contribution in [0, 0.1) is 5.41 Å². The van der Waals surface area contributed by atoms with Crippen molar-refractivity contribution in [3.05, 3.63) is 0 Å². The van der Waals surface area contributed by atoms with E-state index < -0.39 is 0 Å². The molecule has 1 saturated heterocycles. The smallest absolute Gasteiger partial charge is 0.0304 e. The van der Waals surface area contributed by atoms with Gasteiger partial charge < -0.3 is 5.32 Å². The van der Waals surface area contributed by atoms with Crippen molar-refractivity contribution in [2.45, 2.75) is 91.8 Å². The minimum Gasteiger partial charge on any atom is -0.308 e. The first-order valence-corrected chi connectivity index (χ1v) is 8.07. The molecule has 19 heavy (non-hydrogen) atoms. The van der Waals surface area contributed by atoms with Crippen LogP contribution < -0.4 is 5.32 Å².